The molecule has 0 aliphatic heterocycles. The number of rotatable bonds is 3. The quantitative estimate of drug-likeness (QED) is 0.731. The number of ether oxygens (including phenoxy) is 1. The minimum Gasteiger partial charge on any atom is -0.496 e. The fourth-order valence-electron chi connectivity index (χ4n) is 2.04. The predicted octanol–water partition coefficient (Wildman–Crippen LogP) is 4.97. The smallest absolute Gasteiger partial charge is 0.187 e. The minimum absolute atomic E-state index is 0.273. The third-order valence-electron chi connectivity index (χ3n) is 2.95. The van der Waals surface area contributed by atoms with Crippen LogP contribution in [-0.2, 0) is 0 Å². The summed E-state index contributed by atoms with van der Waals surface area (Å²) in [6, 6.07) is 8.93. The van der Waals surface area contributed by atoms with E-state index in [1.54, 1.807) is 31.4 Å². The molecule has 0 unspecified atom stereocenters. The van der Waals surface area contributed by atoms with Crippen molar-refractivity contribution in [1.82, 2.24) is 5.16 Å². The van der Waals surface area contributed by atoms with Crippen LogP contribution in [0.25, 0.3) is 21.8 Å². The van der Waals surface area contributed by atoms with Crippen molar-refractivity contribution in [2.45, 2.75) is 0 Å². The van der Waals surface area contributed by atoms with Gasteiger partial charge in [-0.3, -0.25) is 0 Å². The molecule has 2 heterocycles. The molecule has 0 amide bonds. The number of methoxy groups -OCH3 is 1. The highest BCUT2D eigenvalue weighted by Crippen LogP contribution is 2.44. The zero-order valence-electron chi connectivity index (χ0n) is 10.9. The average molecular weight is 341 g/mol. The van der Waals surface area contributed by atoms with Crippen LogP contribution in [0.2, 0.25) is 9.36 Å². The maximum atomic E-state index is 6.08. The van der Waals surface area contributed by atoms with Gasteiger partial charge in [0, 0.05) is 10.6 Å². The van der Waals surface area contributed by atoms with Gasteiger partial charge < -0.3 is 15.0 Å². The van der Waals surface area contributed by atoms with E-state index in [0.29, 0.717) is 26.4 Å². The second kappa shape index (κ2) is 5.60. The maximum Gasteiger partial charge on any atom is 0.187 e. The molecule has 3 aromatic rings. The summed E-state index contributed by atoms with van der Waals surface area (Å²) in [5, 5.41) is 4.42. The summed E-state index contributed by atoms with van der Waals surface area (Å²) in [6.45, 7) is 0. The molecule has 0 atom stereocenters. The molecule has 0 aliphatic rings. The molecule has 4 nitrogen and oxygen atoms in total. The van der Waals surface area contributed by atoms with Gasteiger partial charge in [-0.2, -0.15) is 0 Å². The van der Waals surface area contributed by atoms with Gasteiger partial charge in [0.15, 0.2) is 11.6 Å². The first-order chi connectivity index (χ1) is 10.1. The molecule has 0 aliphatic carbocycles. The third-order valence-corrected chi connectivity index (χ3v) is 4.41. The van der Waals surface area contributed by atoms with Crippen molar-refractivity contribution < 1.29 is 9.26 Å². The average Bonchev–Trinajstić information content (AvgIpc) is 3.04. The van der Waals surface area contributed by atoms with Crippen molar-refractivity contribution in [1.29, 1.82) is 0 Å². The van der Waals surface area contributed by atoms with Gasteiger partial charge in [0.05, 0.1) is 21.9 Å². The van der Waals surface area contributed by atoms with Crippen molar-refractivity contribution in [3.63, 3.8) is 0 Å². The monoisotopic (exact) mass is 340 g/mol. The number of thiophene rings is 1. The molecule has 2 aromatic heterocycles. The fourth-order valence-corrected chi connectivity index (χ4v) is 3.24. The Balaban J connectivity index is 2.24. The largest absolute Gasteiger partial charge is 0.496 e. The van der Waals surface area contributed by atoms with Crippen LogP contribution in [0.1, 0.15) is 0 Å². The maximum absolute atomic E-state index is 6.08. The third kappa shape index (κ3) is 2.60. The highest BCUT2D eigenvalue weighted by atomic mass is 35.5. The molecule has 0 fully saturated rings. The lowest BCUT2D eigenvalue weighted by Crippen LogP contribution is -1.92. The van der Waals surface area contributed by atoms with Crippen LogP contribution < -0.4 is 10.5 Å². The van der Waals surface area contributed by atoms with Crippen molar-refractivity contribution >= 4 is 40.4 Å². The number of hydrogen-bond acceptors (Lipinski definition) is 5. The topological polar surface area (TPSA) is 61.3 Å². The summed E-state index contributed by atoms with van der Waals surface area (Å²) >= 11 is 13.4. The molecule has 0 bridgehead atoms. The Bertz CT molecular complexity index is 798. The SMILES string of the molecule is COc1ccc(Cl)cc1-c1c(N)noc1-c1ccc(Cl)s1. The number of anilines is 1. The number of hydrogen-bond donors (Lipinski definition) is 1. The fraction of sp³-hybridized carbons (Fsp3) is 0.0714. The summed E-state index contributed by atoms with van der Waals surface area (Å²) in [4.78, 5) is 0.834. The lowest BCUT2D eigenvalue weighted by molar-refractivity contribution is 0.416. The first kappa shape index (κ1) is 14.3. The van der Waals surface area contributed by atoms with Gasteiger partial charge in [-0.1, -0.05) is 28.4 Å². The van der Waals surface area contributed by atoms with E-state index in [-0.39, 0.29) is 5.82 Å². The number of halogens is 2. The first-order valence-corrected chi connectivity index (χ1v) is 7.52. The Morgan fingerprint density at radius 3 is 2.71 bits per heavy atom. The zero-order chi connectivity index (χ0) is 15.0. The Kier molecular flexibility index (Phi) is 3.80. The van der Waals surface area contributed by atoms with E-state index in [9.17, 15) is 0 Å². The number of nitrogens with zero attached hydrogens (tertiary/aromatic N) is 1. The van der Waals surface area contributed by atoms with E-state index in [4.69, 9.17) is 38.2 Å². The Morgan fingerprint density at radius 1 is 1.24 bits per heavy atom. The van der Waals surface area contributed by atoms with Crippen LogP contribution in [0.3, 0.4) is 0 Å². The van der Waals surface area contributed by atoms with Crippen LogP contribution in [-0.4, -0.2) is 12.3 Å². The molecule has 21 heavy (non-hydrogen) atoms. The lowest BCUT2D eigenvalue weighted by atomic mass is 10.0. The lowest BCUT2D eigenvalue weighted by Gasteiger charge is -2.08. The predicted molar refractivity (Wildman–Crippen MR) is 86.2 cm³/mol. The van der Waals surface area contributed by atoms with Crippen LogP contribution >= 0.6 is 34.5 Å². The summed E-state index contributed by atoms with van der Waals surface area (Å²) < 4.78 is 11.4. The second-order valence-corrected chi connectivity index (χ2v) is 6.37. The highest BCUT2D eigenvalue weighted by molar-refractivity contribution is 7.19. The summed E-state index contributed by atoms with van der Waals surface area (Å²) in [5.74, 6) is 1.46. The second-order valence-electron chi connectivity index (χ2n) is 4.22. The van der Waals surface area contributed by atoms with Crippen LogP contribution in [0.5, 0.6) is 5.75 Å². The van der Waals surface area contributed by atoms with Gasteiger partial charge in [-0.05, 0) is 30.3 Å². The number of nitrogens with two attached hydrogens (primary N) is 1. The van der Waals surface area contributed by atoms with Gasteiger partial charge in [-0.15, -0.1) is 11.3 Å². The van der Waals surface area contributed by atoms with E-state index in [1.165, 1.54) is 11.3 Å². The Hall–Kier alpha value is -1.69. The molecule has 1 aromatic carbocycles. The number of aromatic nitrogens is 1. The molecule has 2 N–H and O–H groups in total. The standard InChI is InChI=1S/C14H10Cl2N2O2S/c1-19-9-3-2-7(15)6-8(9)12-13(20-18-14(12)17)10-4-5-11(16)21-10/h2-6H,1H3,(H2,17,18). The molecule has 0 saturated carbocycles. The van der Waals surface area contributed by atoms with E-state index in [2.05, 4.69) is 5.16 Å². The van der Waals surface area contributed by atoms with Crippen molar-refractivity contribution in [2.75, 3.05) is 12.8 Å². The Labute approximate surface area is 135 Å². The minimum atomic E-state index is 0.273. The van der Waals surface area contributed by atoms with Crippen LogP contribution in [0.15, 0.2) is 34.9 Å². The summed E-state index contributed by atoms with van der Waals surface area (Å²) in [7, 11) is 1.58. The highest BCUT2D eigenvalue weighted by Gasteiger charge is 2.22. The van der Waals surface area contributed by atoms with Crippen LogP contribution in [0.4, 0.5) is 5.82 Å². The normalized spacial score (nSPS) is 10.8. The zero-order valence-corrected chi connectivity index (χ0v) is 13.2. The molecular formula is C14H10Cl2N2O2S. The van der Waals surface area contributed by atoms with Gasteiger partial charge >= 0.3 is 0 Å². The summed E-state index contributed by atoms with van der Waals surface area (Å²) in [6.07, 6.45) is 0. The molecule has 0 radical (unpaired) electrons. The molecular weight excluding hydrogens is 331 g/mol. The van der Waals surface area contributed by atoms with E-state index in [1.807, 2.05) is 6.07 Å². The van der Waals surface area contributed by atoms with Crippen molar-refractivity contribution in [3.05, 3.63) is 39.7 Å². The van der Waals surface area contributed by atoms with Crippen molar-refractivity contribution in [2.24, 2.45) is 0 Å². The molecule has 3 rings (SSSR count). The molecule has 108 valence electrons. The van der Waals surface area contributed by atoms with Gasteiger partial charge in [0.25, 0.3) is 0 Å². The van der Waals surface area contributed by atoms with Gasteiger partial charge in [0.2, 0.25) is 0 Å². The molecule has 0 spiro atoms. The first-order valence-electron chi connectivity index (χ1n) is 5.95. The van der Waals surface area contributed by atoms with Gasteiger partial charge in [0.1, 0.15) is 5.75 Å². The molecule has 0 saturated heterocycles. The van der Waals surface area contributed by atoms with Gasteiger partial charge in [-0.25, -0.2) is 0 Å². The molecule has 7 heteroatoms. The number of nitrogen functional groups attached to an aromatic ring is 1. The summed E-state index contributed by atoms with van der Waals surface area (Å²) in [5.41, 5.74) is 7.33. The van der Waals surface area contributed by atoms with Crippen LogP contribution in [0, 0.1) is 0 Å². The van der Waals surface area contributed by atoms with E-state index < -0.39 is 0 Å². The van der Waals surface area contributed by atoms with E-state index >= 15 is 0 Å². The van der Waals surface area contributed by atoms with Crippen molar-refractivity contribution in [3.8, 4) is 27.5 Å². The van der Waals surface area contributed by atoms with E-state index in [0.717, 1.165) is 10.4 Å². The number of benzene rings is 1. The Morgan fingerprint density at radius 2 is 2.05 bits per heavy atom.